The fourth-order valence-corrected chi connectivity index (χ4v) is 1.11. The van der Waals surface area contributed by atoms with Crippen molar-refractivity contribution in [2.24, 2.45) is 11.6 Å². The molecule has 0 bridgehead atoms. The quantitative estimate of drug-likeness (QED) is 0.550. The lowest BCUT2D eigenvalue weighted by Gasteiger charge is -2.13. The van der Waals surface area contributed by atoms with Gasteiger partial charge in [0, 0.05) is 30.7 Å². The van der Waals surface area contributed by atoms with Gasteiger partial charge in [0.05, 0.1) is 5.70 Å². The zero-order chi connectivity index (χ0) is 10.4. The van der Waals surface area contributed by atoms with Gasteiger partial charge in [-0.1, -0.05) is 6.92 Å². The second-order valence-electron chi connectivity index (χ2n) is 3.06. The molecule has 0 spiro atoms. The summed E-state index contributed by atoms with van der Waals surface area (Å²) in [6.45, 7) is 2.86. The van der Waals surface area contributed by atoms with E-state index in [4.69, 9.17) is 11.6 Å². The molecule has 1 aromatic heterocycles. The number of hydrogen-bond acceptors (Lipinski definition) is 4. The fourth-order valence-electron chi connectivity index (χ4n) is 1.11. The van der Waals surface area contributed by atoms with Crippen LogP contribution in [-0.4, -0.2) is 16.5 Å². The first-order valence-corrected chi connectivity index (χ1v) is 4.63. The van der Waals surface area contributed by atoms with Gasteiger partial charge in [-0.25, -0.2) is 5.84 Å². The highest BCUT2D eigenvalue weighted by Crippen LogP contribution is 2.06. The summed E-state index contributed by atoms with van der Waals surface area (Å²) in [5.74, 6) is 5.68. The van der Waals surface area contributed by atoms with Crippen molar-refractivity contribution in [2.75, 3.05) is 6.54 Å². The summed E-state index contributed by atoms with van der Waals surface area (Å²) in [6.07, 6.45) is 6.14. The fraction of sp³-hybridized carbons (Fsp3) is 0.300. The van der Waals surface area contributed by atoms with E-state index in [1.54, 1.807) is 23.6 Å². The van der Waals surface area contributed by atoms with Crippen molar-refractivity contribution in [3.05, 3.63) is 36.3 Å². The molecule has 0 aliphatic rings. The van der Waals surface area contributed by atoms with Crippen molar-refractivity contribution in [1.29, 1.82) is 0 Å². The van der Waals surface area contributed by atoms with E-state index in [-0.39, 0.29) is 0 Å². The predicted octanol–water partition coefficient (Wildman–Crippen LogP) is 0.924. The molecule has 0 saturated carbocycles. The molecule has 0 saturated heterocycles. The Bertz CT molecular complexity index is 294. The van der Waals surface area contributed by atoms with Crippen molar-refractivity contribution in [2.45, 2.75) is 13.3 Å². The maximum Gasteiger partial charge on any atom is 0.0579 e. The summed E-state index contributed by atoms with van der Waals surface area (Å²) >= 11 is 0. The summed E-state index contributed by atoms with van der Waals surface area (Å²) in [7, 11) is 0. The first-order chi connectivity index (χ1) is 6.74. The first kappa shape index (κ1) is 10.5. The van der Waals surface area contributed by atoms with Gasteiger partial charge in [-0.2, -0.15) is 0 Å². The third-order valence-corrected chi connectivity index (χ3v) is 1.78. The number of hydrazine groups is 1. The Kier molecular flexibility index (Phi) is 3.94. The van der Waals surface area contributed by atoms with Crippen LogP contribution >= 0.6 is 0 Å². The smallest absolute Gasteiger partial charge is 0.0579 e. The lowest BCUT2D eigenvalue weighted by atomic mass is 10.2. The highest BCUT2D eigenvalue weighted by molar-refractivity contribution is 5.60. The molecule has 0 aromatic carbocycles. The molecule has 0 aliphatic carbocycles. The van der Waals surface area contributed by atoms with Crippen LogP contribution in [0.25, 0.3) is 5.70 Å². The van der Waals surface area contributed by atoms with Crippen LogP contribution in [0.2, 0.25) is 0 Å². The van der Waals surface area contributed by atoms with Crippen molar-refractivity contribution in [3.8, 4) is 0 Å². The molecular formula is C10H16N4. The summed E-state index contributed by atoms with van der Waals surface area (Å²) in [4.78, 5) is 3.98. The summed E-state index contributed by atoms with van der Waals surface area (Å²) in [5.41, 5.74) is 7.35. The van der Waals surface area contributed by atoms with Crippen LogP contribution in [0.15, 0.2) is 30.7 Å². The lowest BCUT2D eigenvalue weighted by molar-refractivity contribution is 0.394. The van der Waals surface area contributed by atoms with E-state index in [0.717, 1.165) is 18.5 Å². The molecule has 0 radical (unpaired) electrons. The van der Waals surface area contributed by atoms with E-state index >= 15 is 0 Å². The molecule has 76 valence electrons. The second-order valence-corrected chi connectivity index (χ2v) is 3.06. The van der Waals surface area contributed by atoms with Crippen LogP contribution in [0, 0.1) is 0 Å². The van der Waals surface area contributed by atoms with Crippen molar-refractivity contribution < 1.29 is 0 Å². The van der Waals surface area contributed by atoms with Gasteiger partial charge in [0.25, 0.3) is 0 Å². The Morgan fingerprint density at radius 3 is 3.00 bits per heavy atom. The van der Waals surface area contributed by atoms with Crippen LogP contribution in [-0.2, 0) is 0 Å². The topological polar surface area (TPSA) is 68.2 Å². The molecule has 0 amide bonds. The number of hydrogen-bond donors (Lipinski definition) is 2. The largest absolute Gasteiger partial charge is 0.397 e. The molecular weight excluding hydrogens is 176 g/mol. The van der Waals surface area contributed by atoms with Gasteiger partial charge in [-0.15, -0.1) is 0 Å². The van der Waals surface area contributed by atoms with Crippen LogP contribution in [0.1, 0.15) is 18.9 Å². The monoisotopic (exact) mass is 192 g/mol. The Balaban J connectivity index is 2.69. The summed E-state index contributed by atoms with van der Waals surface area (Å²) in [5, 5.41) is 1.59. The molecule has 4 nitrogen and oxygen atoms in total. The van der Waals surface area contributed by atoms with E-state index in [1.807, 2.05) is 12.1 Å². The van der Waals surface area contributed by atoms with Crippen LogP contribution < -0.4 is 11.6 Å². The minimum Gasteiger partial charge on any atom is -0.397 e. The van der Waals surface area contributed by atoms with E-state index in [1.165, 1.54) is 0 Å². The molecule has 0 unspecified atom stereocenters. The van der Waals surface area contributed by atoms with Crippen LogP contribution in [0.4, 0.5) is 0 Å². The van der Waals surface area contributed by atoms with Crippen molar-refractivity contribution in [1.82, 2.24) is 9.99 Å². The van der Waals surface area contributed by atoms with Crippen LogP contribution in [0.3, 0.4) is 0 Å². The molecule has 14 heavy (non-hydrogen) atoms. The molecule has 1 rings (SSSR count). The van der Waals surface area contributed by atoms with Gasteiger partial charge in [0.1, 0.15) is 0 Å². The lowest BCUT2D eigenvalue weighted by Crippen LogP contribution is -2.26. The van der Waals surface area contributed by atoms with Gasteiger partial charge in [-0.05, 0) is 18.6 Å². The zero-order valence-electron chi connectivity index (χ0n) is 8.35. The second kappa shape index (κ2) is 5.24. The molecule has 0 fully saturated rings. The van der Waals surface area contributed by atoms with Crippen molar-refractivity contribution >= 4 is 5.70 Å². The Hall–Kier alpha value is -1.55. The van der Waals surface area contributed by atoms with Gasteiger partial charge in [-0.3, -0.25) is 4.98 Å². The molecule has 4 heteroatoms. The first-order valence-electron chi connectivity index (χ1n) is 4.63. The minimum atomic E-state index is 0.633. The van der Waals surface area contributed by atoms with Crippen LogP contribution in [0.5, 0.6) is 0 Å². The number of pyridine rings is 1. The maximum atomic E-state index is 5.83. The van der Waals surface area contributed by atoms with Crippen molar-refractivity contribution in [3.63, 3.8) is 0 Å². The summed E-state index contributed by atoms with van der Waals surface area (Å²) in [6, 6.07) is 3.75. The standard InChI is InChI=1S/C10H16N4/c1-2-6-14(12)8-10(11)9-4-3-5-13-7-9/h3-5,7-8H,2,6,11-12H2,1H3/b10-8-. The molecule has 1 heterocycles. The average Bonchev–Trinajstić information content (AvgIpc) is 2.19. The minimum absolute atomic E-state index is 0.633. The number of nitrogens with two attached hydrogens (primary N) is 2. The molecule has 1 aromatic rings. The normalized spacial score (nSPS) is 11.4. The summed E-state index contributed by atoms with van der Waals surface area (Å²) < 4.78 is 0. The SMILES string of the molecule is CCCN(N)/C=C(\N)c1cccnc1. The number of rotatable bonds is 4. The highest BCUT2D eigenvalue weighted by Gasteiger charge is 1.97. The van der Waals surface area contributed by atoms with E-state index in [9.17, 15) is 0 Å². The van der Waals surface area contributed by atoms with Gasteiger partial charge < -0.3 is 10.7 Å². The Morgan fingerprint density at radius 1 is 1.64 bits per heavy atom. The maximum absolute atomic E-state index is 5.83. The van der Waals surface area contributed by atoms with Gasteiger partial charge in [0.2, 0.25) is 0 Å². The van der Waals surface area contributed by atoms with E-state index in [0.29, 0.717) is 5.70 Å². The third kappa shape index (κ3) is 3.06. The molecule has 4 N–H and O–H groups in total. The van der Waals surface area contributed by atoms with Gasteiger partial charge in [0.15, 0.2) is 0 Å². The van der Waals surface area contributed by atoms with Gasteiger partial charge >= 0.3 is 0 Å². The van der Waals surface area contributed by atoms with E-state index < -0.39 is 0 Å². The Labute approximate surface area is 84.2 Å². The zero-order valence-corrected chi connectivity index (χ0v) is 8.35. The molecule has 0 atom stereocenters. The molecule has 0 aliphatic heterocycles. The highest BCUT2D eigenvalue weighted by atomic mass is 15.4. The Morgan fingerprint density at radius 2 is 2.43 bits per heavy atom. The number of aromatic nitrogens is 1. The van der Waals surface area contributed by atoms with E-state index in [2.05, 4.69) is 11.9 Å². The average molecular weight is 192 g/mol. The third-order valence-electron chi connectivity index (χ3n) is 1.78. The predicted molar refractivity (Wildman–Crippen MR) is 57.6 cm³/mol. The number of nitrogens with zero attached hydrogens (tertiary/aromatic N) is 2.